The van der Waals surface area contributed by atoms with Crippen molar-refractivity contribution in [3.63, 3.8) is 0 Å². The standard InChI is InChI=1S/C19H23NO/c1-3-7-17(8-4-1)15-20(19-11-13-21-14-12-19)16-18-9-5-2-6-10-18/h1-10,19H,11-16H2. The molecule has 110 valence electrons. The molecule has 0 spiro atoms. The molecule has 1 saturated heterocycles. The summed E-state index contributed by atoms with van der Waals surface area (Å²) in [6.07, 6.45) is 2.28. The molecule has 1 aliphatic rings. The summed E-state index contributed by atoms with van der Waals surface area (Å²) in [6, 6.07) is 22.2. The Morgan fingerprint density at radius 3 is 1.71 bits per heavy atom. The number of hydrogen-bond acceptors (Lipinski definition) is 2. The highest BCUT2D eigenvalue weighted by Gasteiger charge is 2.21. The van der Waals surface area contributed by atoms with Crippen LogP contribution in [0.2, 0.25) is 0 Å². The van der Waals surface area contributed by atoms with E-state index in [-0.39, 0.29) is 0 Å². The summed E-state index contributed by atoms with van der Waals surface area (Å²) in [5.74, 6) is 0. The maximum absolute atomic E-state index is 5.52. The molecule has 21 heavy (non-hydrogen) atoms. The minimum absolute atomic E-state index is 0.624. The highest BCUT2D eigenvalue weighted by atomic mass is 16.5. The van der Waals surface area contributed by atoms with E-state index in [0.29, 0.717) is 6.04 Å². The van der Waals surface area contributed by atoms with Crippen molar-refractivity contribution in [1.29, 1.82) is 0 Å². The van der Waals surface area contributed by atoms with E-state index in [4.69, 9.17) is 4.74 Å². The molecule has 0 aromatic heterocycles. The van der Waals surface area contributed by atoms with Crippen molar-refractivity contribution in [2.24, 2.45) is 0 Å². The Kier molecular flexibility index (Phi) is 5.03. The number of benzene rings is 2. The Morgan fingerprint density at radius 1 is 0.762 bits per heavy atom. The van der Waals surface area contributed by atoms with Crippen LogP contribution in [0.3, 0.4) is 0 Å². The van der Waals surface area contributed by atoms with Crippen molar-refractivity contribution in [3.05, 3.63) is 71.8 Å². The van der Waals surface area contributed by atoms with Gasteiger partial charge >= 0.3 is 0 Å². The molecule has 1 fully saturated rings. The predicted molar refractivity (Wildman–Crippen MR) is 86.0 cm³/mol. The second-order valence-corrected chi connectivity index (χ2v) is 5.72. The molecule has 2 nitrogen and oxygen atoms in total. The summed E-state index contributed by atoms with van der Waals surface area (Å²) < 4.78 is 5.52. The van der Waals surface area contributed by atoms with Gasteiger partial charge in [-0.3, -0.25) is 4.90 Å². The molecule has 0 amide bonds. The van der Waals surface area contributed by atoms with Crippen LogP contribution in [0.25, 0.3) is 0 Å². The minimum atomic E-state index is 0.624. The van der Waals surface area contributed by atoms with E-state index in [1.807, 2.05) is 0 Å². The summed E-state index contributed by atoms with van der Waals surface area (Å²) >= 11 is 0. The topological polar surface area (TPSA) is 12.5 Å². The van der Waals surface area contributed by atoms with E-state index in [1.165, 1.54) is 11.1 Å². The summed E-state index contributed by atoms with van der Waals surface area (Å²) in [6.45, 7) is 3.82. The number of nitrogens with zero attached hydrogens (tertiary/aromatic N) is 1. The van der Waals surface area contributed by atoms with Gasteiger partial charge in [-0.25, -0.2) is 0 Å². The van der Waals surface area contributed by atoms with Gasteiger partial charge in [0.25, 0.3) is 0 Å². The molecular formula is C19H23NO. The molecule has 0 radical (unpaired) electrons. The van der Waals surface area contributed by atoms with Gasteiger partial charge < -0.3 is 4.74 Å². The fourth-order valence-electron chi connectivity index (χ4n) is 3.00. The SMILES string of the molecule is c1ccc(CN(Cc2ccccc2)C2CCOCC2)cc1. The van der Waals surface area contributed by atoms with E-state index in [9.17, 15) is 0 Å². The zero-order valence-electron chi connectivity index (χ0n) is 12.4. The van der Waals surface area contributed by atoms with E-state index in [1.54, 1.807) is 0 Å². The first-order valence-electron chi connectivity index (χ1n) is 7.81. The molecule has 0 aliphatic carbocycles. The molecule has 0 N–H and O–H groups in total. The van der Waals surface area contributed by atoms with Crippen LogP contribution in [0.4, 0.5) is 0 Å². The largest absolute Gasteiger partial charge is 0.381 e. The molecule has 2 heteroatoms. The maximum atomic E-state index is 5.52. The Labute approximate surface area is 127 Å². The van der Waals surface area contributed by atoms with E-state index >= 15 is 0 Å². The fourth-order valence-corrected chi connectivity index (χ4v) is 3.00. The molecule has 3 rings (SSSR count). The first kappa shape index (κ1) is 14.3. The van der Waals surface area contributed by atoms with Gasteiger partial charge in [0.05, 0.1) is 0 Å². The van der Waals surface area contributed by atoms with Crippen LogP contribution in [-0.2, 0) is 17.8 Å². The lowest BCUT2D eigenvalue weighted by Gasteiger charge is -2.34. The van der Waals surface area contributed by atoms with Crippen molar-refractivity contribution in [1.82, 2.24) is 4.90 Å². The predicted octanol–water partition coefficient (Wildman–Crippen LogP) is 3.87. The van der Waals surface area contributed by atoms with Gasteiger partial charge in [0.15, 0.2) is 0 Å². The van der Waals surface area contributed by atoms with Crippen LogP contribution in [0, 0.1) is 0 Å². The van der Waals surface area contributed by atoms with Gasteiger partial charge in [0, 0.05) is 32.3 Å². The first-order valence-corrected chi connectivity index (χ1v) is 7.81. The lowest BCUT2D eigenvalue weighted by atomic mass is 10.0. The zero-order valence-corrected chi connectivity index (χ0v) is 12.4. The lowest BCUT2D eigenvalue weighted by Crippen LogP contribution is -2.38. The van der Waals surface area contributed by atoms with Gasteiger partial charge in [-0.2, -0.15) is 0 Å². The van der Waals surface area contributed by atoms with Crippen LogP contribution in [0.1, 0.15) is 24.0 Å². The summed E-state index contributed by atoms with van der Waals surface area (Å²) in [5, 5.41) is 0. The average Bonchev–Trinajstić information content (AvgIpc) is 2.57. The van der Waals surface area contributed by atoms with Gasteiger partial charge in [0.2, 0.25) is 0 Å². The van der Waals surface area contributed by atoms with Crippen LogP contribution < -0.4 is 0 Å². The van der Waals surface area contributed by atoms with Gasteiger partial charge in [-0.05, 0) is 24.0 Å². The zero-order chi connectivity index (χ0) is 14.3. The third kappa shape index (κ3) is 4.16. The molecule has 0 saturated carbocycles. The van der Waals surface area contributed by atoms with Crippen molar-refractivity contribution < 1.29 is 4.74 Å². The number of rotatable bonds is 5. The Hall–Kier alpha value is -1.64. The Bertz CT molecular complexity index is 478. The Morgan fingerprint density at radius 2 is 1.24 bits per heavy atom. The third-order valence-corrected chi connectivity index (χ3v) is 4.16. The summed E-state index contributed by atoms with van der Waals surface area (Å²) in [4.78, 5) is 2.60. The first-order chi connectivity index (χ1) is 10.4. The monoisotopic (exact) mass is 281 g/mol. The van der Waals surface area contributed by atoms with Crippen LogP contribution in [0.5, 0.6) is 0 Å². The molecule has 2 aromatic rings. The van der Waals surface area contributed by atoms with E-state index < -0.39 is 0 Å². The van der Waals surface area contributed by atoms with Gasteiger partial charge in [-0.15, -0.1) is 0 Å². The quantitative estimate of drug-likeness (QED) is 0.825. The van der Waals surface area contributed by atoms with Crippen molar-refractivity contribution in [2.75, 3.05) is 13.2 Å². The number of ether oxygens (including phenoxy) is 1. The molecule has 1 heterocycles. The molecular weight excluding hydrogens is 258 g/mol. The molecule has 1 aliphatic heterocycles. The maximum Gasteiger partial charge on any atom is 0.0480 e. The van der Waals surface area contributed by atoms with Gasteiger partial charge in [0.1, 0.15) is 0 Å². The molecule has 0 bridgehead atoms. The van der Waals surface area contributed by atoms with Crippen molar-refractivity contribution in [3.8, 4) is 0 Å². The fraction of sp³-hybridized carbons (Fsp3) is 0.368. The normalized spacial score (nSPS) is 16.2. The van der Waals surface area contributed by atoms with Gasteiger partial charge in [-0.1, -0.05) is 60.7 Å². The lowest BCUT2D eigenvalue weighted by molar-refractivity contribution is 0.0277. The minimum Gasteiger partial charge on any atom is -0.381 e. The van der Waals surface area contributed by atoms with Crippen molar-refractivity contribution in [2.45, 2.75) is 32.0 Å². The highest BCUT2D eigenvalue weighted by Crippen LogP contribution is 2.20. The number of hydrogen-bond donors (Lipinski definition) is 0. The second kappa shape index (κ2) is 7.39. The van der Waals surface area contributed by atoms with Crippen LogP contribution in [-0.4, -0.2) is 24.2 Å². The van der Waals surface area contributed by atoms with E-state index in [2.05, 4.69) is 65.6 Å². The molecule has 2 aromatic carbocycles. The molecule has 0 unspecified atom stereocenters. The smallest absolute Gasteiger partial charge is 0.0480 e. The Balaban J connectivity index is 1.73. The van der Waals surface area contributed by atoms with Crippen LogP contribution in [0.15, 0.2) is 60.7 Å². The van der Waals surface area contributed by atoms with Crippen LogP contribution >= 0.6 is 0 Å². The summed E-state index contributed by atoms with van der Waals surface area (Å²) in [5.41, 5.74) is 2.78. The van der Waals surface area contributed by atoms with Crippen molar-refractivity contribution >= 4 is 0 Å². The average molecular weight is 281 g/mol. The molecule has 0 atom stereocenters. The summed E-state index contributed by atoms with van der Waals surface area (Å²) in [7, 11) is 0. The van der Waals surface area contributed by atoms with E-state index in [0.717, 1.165) is 39.1 Å². The highest BCUT2D eigenvalue weighted by molar-refractivity contribution is 5.17. The second-order valence-electron chi connectivity index (χ2n) is 5.72. The third-order valence-electron chi connectivity index (χ3n) is 4.16.